The third-order valence-corrected chi connectivity index (χ3v) is 4.88. The van der Waals surface area contributed by atoms with E-state index in [2.05, 4.69) is 24.2 Å². The largest absolute Gasteiger partial charge is 0.324 e. The summed E-state index contributed by atoms with van der Waals surface area (Å²) in [5.74, 6) is 6.17. The van der Waals surface area contributed by atoms with E-state index in [1.54, 1.807) is 4.90 Å². The molecule has 0 saturated carbocycles. The maximum absolute atomic E-state index is 13.0. The van der Waals surface area contributed by atoms with Crippen molar-refractivity contribution < 1.29 is 9.59 Å². The number of hydrazine groups is 1. The third kappa shape index (κ3) is 2.96. The second-order valence-corrected chi connectivity index (χ2v) is 7.02. The van der Waals surface area contributed by atoms with Crippen LogP contribution in [0.3, 0.4) is 0 Å². The van der Waals surface area contributed by atoms with E-state index in [9.17, 15) is 9.59 Å². The Kier molecular flexibility index (Phi) is 4.16. The molecule has 7 nitrogen and oxygen atoms in total. The number of carbonyl (C=O) groups is 2. The van der Waals surface area contributed by atoms with E-state index >= 15 is 0 Å². The van der Waals surface area contributed by atoms with E-state index in [4.69, 9.17) is 5.84 Å². The van der Waals surface area contributed by atoms with Gasteiger partial charge in [0.15, 0.2) is 0 Å². The highest BCUT2D eigenvalue weighted by atomic mass is 16.2. The Morgan fingerprint density at radius 3 is 2.48 bits per heavy atom. The lowest BCUT2D eigenvalue weighted by atomic mass is 10.0. The van der Waals surface area contributed by atoms with Crippen LogP contribution in [0.15, 0.2) is 53.5 Å². The second-order valence-electron chi connectivity index (χ2n) is 7.02. The fourth-order valence-electron chi connectivity index (χ4n) is 3.42. The molecular weight excluding hydrogens is 342 g/mol. The summed E-state index contributed by atoms with van der Waals surface area (Å²) in [7, 11) is 0. The maximum atomic E-state index is 13.0. The maximum Gasteiger partial charge on any atom is 0.251 e. The van der Waals surface area contributed by atoms with E-state index < -0.39 is 6.04 Å². The lowest BCUT2D eigenvalue weighted by Crippen LogP contribution is -2.55. The smallest absolute Gasteiger partial charge is 0.251 e. The highest BCUT2D eigenvalue weighted by molar-refractivity contribution is 6.23. The predicted molar refractivity (Wildman–Crippen MR) is 106 cm³/mol. The number of guanidine groups is 1. The number of amides is 2. The summed E-state index contributed by atoms with van der Waals surface area (Å²) >= 11 is 0. The van der Waals surface area contributed by atoms with Crippen molar-refractivity contribution in [3.8, 4) is 0 Å². The molecule has 0 fully saturated rings. The van der Waals surface area contributed by atoms with Gasteiger partial charge >= 0.3 is 0 Å². The first-order chi connectivity index (χ1) is 13.0. The Hall–Kier alpha value is -3.19. The summed E-state index contributed by atoms with van der Waals surface area (Å²) in [6.45, 7) is 4.23. The SMILES string of the molecule is CC(C)c1ccc(NC(=O)C2CC(=O)N=C3N(N)c4ccccc4N32)cc1. The van der Waals surface area contributed by atoms with Gasteiger partial charge in [0.1, 0.15) is 6.04 Å². The van der Waals surface area contributed by atoms with Crippen molar-refractivity contribution in [3.05, 3.63) is 54.1 Å². The first-order valence-corrected chi connectivity index (χ1v) is 8.91. The Balaban J connectivity index is 1.62. The summed E-state index contributed by atoms with van der Waals surface area (Å²) < 4.78 is 0. The summed E-state index contributed by atoms with van der Waals surface area (Å²) in [6.07, 6.45) is 0.00157. The van der Waals surface area contributed by atoms with Gasteiger partial charge in [-0.1, -0.05) is 38.1 Å². The number of anilines is 3. The normalized spacial score (nSPS) is 18.3. The van der Waals surface area contributed by atoms with Crippen molar-refractivity contribution in [1.29, 1.82) is 0 Å². The minimum absolute atomic E-state index is 0.00157. The monoisotopic (exact) mass is 363 g/mol. The van der Waals surface area contributed by atoms with Crippen LogP contribution in [0.4, 0.5) is 17.1 Å². The van der Waals surface area contributed by atoms with E-state index in [0.29, 0.717) is 17.3 Å². The molecule has 3 N–H and O–H groups in total. The summed E-state index contributed by atoms with van der Waals surface area (Å²) in [5.41, 5.74) is 3.37. The van der Waals surface area contributed by atoms with Gasteiger partial charge in [0, 0.05) is 5.69 Å². The molecule has 0 spiro atoms. The lowest BCUT2D eigenvalue weighted by molar-refractivity contribution is -0.123. The van der Waals surface area contributed by atoms with Gasteiger partial charge in [-0.05, 0) is 35.7 Å². The van der Waals surface area contributed by atoms with Crippen LogP contribution in [0.25, 0.3) is 0 Å². The van der Waals surface area contributed by atoms with Crippen LogP contribution >= 0.6 is 0 Å². The first-order valence-electron chi connectivity index (χ1n) is 8.91. The zero-order valence-electron chi connectivity index (χ0n) is 15.2. The van der Waals surface area contributed by atoms with Gasteiger partial charge in [-0.25, -0.2) is 10.9 Å². The molecule has 2 aliphatic heterocycles. The molecule has 0 aliphatic carbocycles. The van der Waals surface area contributed by atoms with Crippen LogP contribution in [0, 0.1) is 0 Å². The number of nitrogens with one attached hydrogen (secondary N) is 1. The van der Waals surface area contributed by atoms with Crippen molar-refractivity contribution in [1.82, 2.24) is 0 Å². The lowest BCUT2D eigenvalue weighted by Gasteiger charge is -2.31. The molecule has 138 valence electrons. The Bertz CT molecular complexity index is 936. The number of benzene rings is 2. The van der Waals surface area contributed by atoms with Gasteiger partial charge < -0.3 is 5.32 Å². The van der Waals surface area contributed by atoms with Gasteiger partial charge in [0.25, 0.3) is 5.91 Å². The number of nitrogens with two attached hydrogens (primary N) is 1. The fourth-order valence-corrected chi connectivity index (χ4v) is 3.42. The molecule has 0 aromatic heterocycles. The van der Waals surface area contributed by atoms with Crippen LogP contribution in [0.1, 0.15) is 31.7 Å². The molecule has 2 heterocycles. The van der Waals surface area contributed by atoms with Crippen molar-refractivity contribution >= 4 is 34.8 Å². The average molecular weight is 363 g/mol. The van der Waals surface area contributed by atoms with Gasteiger partial charge in [0.05, 0.1) is 17.8 Å². The van der Waals surface area contributed by atoms with Crippen molar-refractivity contribution in [2.75, 3.05) is 15.2 Å². The van der Waals surface area contributed by atoms with E-state index in [-0.39, 0.29) is 24.2 Å². The molecule has 0 bridgehead atoms. The fraction of sp³-hybridized carbons (Fsp3) is 0.250. The average Bonchev–Trinajstić information content (AvgIpc) is 2.94. The number of para-hydroxylation sites is 2. The number of fused-ring (bicyclic) bond motifs is 3. The van der Waals surface area contributed by atoms with E-state index in [1.165, 1.54) is 10.6 Å². The van der Waals surface area contributed by atoms with E-state index in [0.717, 1.165) is 5.69 Å². The van der Waals surface area contributed by atoms with Crippen molar-refractivity contribution in [3.63, 3.8) is 0 Å². The topological polar surface area (TPSA) is 91.0 Å². The molecule has 4 rings (SSSR count). The molecule has 2 amide bonds. The summed E-state index contributed by atoms with van der Waals surface area (Å²) in [6, 6.07) is 14.4. The number of nitrogens with zero attached hydrogens (tertiary/aromatic N) is 3. The Labute approximate surface area is 157 Å². The predicted octanol–water partition coefficient (Wildman–Crippen LogP) is 2.60. The van der Waals surface area contributed by atoms with Crippen molar-refractivity contribution in [2.24, 2.45) is 10.8 Å². The number of hydrogen-bond acceptors (Lipinski definition) is 5. The van der Waals surface area contributed by atoms with Crippen LogP contribution in [-0.4, -0.2) is 23.8 Å². The molecule has 2 aromatic rings. The third-order valence-electron chi connectivity index (χ3n) is 4.88. The van der Waals surface area contributed by atoms with Gasteiger partial charge in [-0.2, -0.15) is 4.99 Å². The standard InChI is InChI=1S/C20H21N5O2/c1-12(2)13-7-9-14(10-8-13)22-19(27)17-11-18(26)23-20-24(17)15-5-3-4-6-16(15)25(20)21/h3-10,12,17H,11,21H2,1-2H3,(H,22,27). The summed E-state index contributed by atoms with van der Waals surface area (Å²) in [5, 5.41) is 4.26. The zero-order valence-corrected chi connectivity index (χ0v) is 15.2. The van der Waals surface area contributed by atoms with Crippen LogP contribution < -0.4 is 21.1 Å². The van der Waals surface area contributed by atoms with E-state index in [1.807, 2.05) is 48.5 Å². The highest BCUT2D eigenvalue weighted by Gasteiger charge is 2.43. The highest BCUT2D eigenvalue weighted by Crippen LogP contribution is 2.38. The molecule has 7 heteroatoms. The number of carbonyl (C=O) groups excluding carboxylic acids is 2. The molecule has 0 radical (unpaired) electrons. The van der Waals surface area contributed by atoms with Crippen LogP contribution in [-0.2, 0) is 9.59 Å². The van der Waals surface area contributed by atoms with Gasteiger partial charge in [-0.15, -0.1) is 0 Å². The van der Waals surface area contributed by atoms with Crippen LogP contribution in [0.2, 0.25) is 0 Å². The summed E-state index contributed by atoms with van der Waals surface area (Å²) in [4.78, 5) is 30.9. The first kappa shape index (κ1) is 17.2. The molecule has 1 atom stereocenters. The molecule has 0 saturated heterocycles. The molecule has 1 unspecified atom stereocenters. The van der Waals surface area contributed by atoms with Crippen molar-refractivity contribution in [2.45, 2.75) is 32.2 Å². The Morgan fingerprint density at radius 1 is 1.15 bits per heavy atom. The van der Waals surface area contributed by atoms with Crippen LogP contribution in [0.5, 0.6) is 0 Å². The molecule has 27 heavy (non-hydrogen) atoms. The van der Waals surface area contributed by atoms with Gasteiger partial charge in [-0.3, -0.25) is 14.5 Å². The molecule has 2 aromatic carbocycles. The quantitative estimate of drug-likeness (QED) is 0.818. The zero-order chi connectivity index (χ0) is 19.1. The minimum atomic E-state index is -0.704. The minimum Gasteiger partial charge on any atom is -0.324 e. The molecule has 2 aliphatic rings. The van der Waals surface area contributed by atoms with Gasteiger partial charge in [0.2, 0.25) is 11.9 Å². The number of rotatable bonds is 3. The second kappa shape index (κ2) is 6.51. The molecular formula is C20H21N5O2. The number of aliphatic imine (C=N–C) groups is 1. The Morgan fingerprint density at radius 2 is 1.81 bits per heavy atom. The number of hydrogen-bond donors (Lipinski definition) is 2.